The van der Waals surface area contributed by atoms with Crippen molar-refractivity contribution in [1.82, 2.24) is 15.0 Å². The summed E-state index contributed by atoms with van der Waals surface area (Å²) in [5.74, 6) is 0.526. The zero-order valence-electron chi connectivity index (χ0n) is 8.20. The van der Waals surface area contributed by atoms with E-state index in [4.69, 9.17) is 4.42 Å². The lowest BCUT2D eigenvalue weighted by molar-refractivity contribution is 0.572. The maximum absolute atomic E-state index is 5.20. The number of oxazole rings is 1. The van der Waals surface area contributed by atoms with Crippen LogP contribution in [0, 0.1) is 0 Å². The highest BCUT2D eigenvalue weighted by Crippen LogP contribution is 2.22. The van der Waals surface area contributed by atoms with E-state index in [1.807, 2.05) is 23.6 Å². The van der Waals surface area contributed by atoms with E-state index in [-0.39, 0.29) is 0 Å². The smallest absolute Gasteiger partial charge is 0.245 e. The lowest BCUT2D eigenvalue weighted by Crippen LogP contribution is -1.86. The first-order valence-electron chi connectivity index (χ1n) is 4.70. The van der Waals surface area contributed by atoms with Gasteiger partial charge in [-0.15, -0.1) is 11.3 Å². The Bertz CT molecular complexity index is 526. The largest absolute Gasteiger partial charge is 0.443 e. The molecular weight excluding hydrogens is 222 g/mol. The average molecular weight is 229 g/mol. The molecule has 0 aliphatic rings. The van der Waals surface area contributed by atoms with Gasteiger partial charge >= 0.3 is 0 Å². The van der Waals surface area contributed by atoms with Crippen LogP contribution in [0.15, 0.2) is 46.7 Å². The first-order chi connectivity index (χ1) is 7.93. The Morgan fingerprint density at radius 3 is 2.75 bits per heavy atom. The quantitative estimate of drug-likeness (QED) is 0.678. The van der Waals surface area contributed by atoms with Gasteiger partial charge in [-0.25, -0.2) is 15.0 Å². The van der Waals surface area contributed by atoms with Crippen LogP contribution < -0.4 is 0 Å². The molecule has 0 saturated heterocycles. The number of hydrogen-bond acceptors (Lipinski definition) is 5. The lowest BCUT2D eigenvalue weighted by Gasteiger charge is -1.98. The second kappa shape index (κ2) is 3.86. The second-order valence-corrected chi connectivity index (χ2v) is 3.98. The van der Waals surface area contributed by atoms with E-state index in [1.165, 1.54) is 6.26 Å². The lowest BCUT2D eigenvalue weighted by atomic mass is 10.3. The number of rotatable bonds is 2. The third-order valence-corrected chi connectivity index (χ3v) is 2.85. The molecule has 0 N–H and O–H groups in total. The van der Waals surface area contributed by atoms with Crippen molar-refractivity contribution in [3.8, 4) is 22.3 Å². The van der Waals surface area contributed by atoms with Gasteiger partial charge in [-0.05, 0) is 12.1 Å². The molecule has 3 aromatic heterocycles. The van der Waals surface area contributed by atoms with Gasteiger partial charge in [-0.2, -0.15) is 0 Å². The van der Waals surface area contributed by atoms with E-state index in [2.05, 4.69) is 15.0 Å². The van der Waals surface area contributed by atoms with Crippen molar-refractivity contribution in [2.75, 3.05) is 0 Å². The predicted molar refractivity (Wildman–Crippen MR) is 60.8 cm³/mol. The standard InChI is InChI=1S/C11H7N3OS/c1-2-8(10-12-4-6-15-10)14-9(3-1)11-13-5-7-16-11/h1-7H. The Morgan fingerprint density at radius 1 is 1.06 bits per heavy atom. The van der Waals surface area contributed by atoms with Gasteiger partial charge in [0, 0.05) is 11.6 Å². The van der Waals surface area contributed by atoms with Crippen molar-refractivity contribution in [3.05, 3.63) is 42.2 Å². The molecular formula is C11H7N3OS. The summed E-state index contributed by atoms with van der Waals surface area (Å²) in [5, 5.41) is 2.82. The Balaban J connectivity index is 2.07. The first kappa shape index (κ1) is 9.23. The summed E-state index contributed by atoms with van der Waals surface area (Å²) in [6, 6.07) is 5.71. The molecule has 16 heavy (non-hydrogen) atoms. The summed E-state index contributed by atoms with van der Waals surface area (Å²) in [6.45, 7) is 0. The van der Waals surface area contributed by atoms with Gasteiger partial charge in [0.25, 0.3) is 0 Å². The number of nitrogens with zero attached hydrogens (tertiary/aromatic N) is 3. The average Bonchev–Trinajstić information content (AvgIpc) is 3.03. The molecule has 0 amide bonds. The van der Waals surface area contributed by atoms with Crippen LogP contribution in [0.2, 0.25) is 0 Å². The second-order valence-electron chi connectivity index (χ2n) is 3.08. The molecule has 0 radical (unpaired) electrons. The number of pyridine rings is 1. The fourth-order valence-electron chi connectivity index (χ4n) is 1.37. The molecule has 3 aromatic rings. The molecule has 4 nitrogen and oxygen atoms in total. The van der Waals surface area contributed by atoms with E-state index >= 15 is 0 Å². The fraction of sp³-hybridized carbons (Fsp3) is 0. The van der Waals surface area contributed by atoms with Crippen molar-refractivity contribution < 1.29 is 4.42 Å². The van der Waals surface area contributed by atoms with Crippen LogP contribution in [0.5, 0.6) is 0 Å². The van der Waals surface area contributed by atoms with Crippen molar-refractivity contribution in [1.29, 1.82) is 0 Å². The van der Waals surface area contributed by atoms with E-state index in [0.717, 1.165) is 16.4 Å². The maximum atomic E-state index is 5.20. The normalized spacial score (nSPS) is 10.5. The van der Waals surface area contributed by atoms with Crippen molar-refractivity contribution in [2.45, 2.75) is 0 Å². The highest BCUT2D eigenvalue weighted by molar-refractivity contribution is 7.13. The molecule has 5 heteroatoms. The Morgan fingerprint density at radius 2 is 2.00 bits per heavy atom. The highest BCUT2D eigenvalue weighted by Gasteiger charge is 2.07. The third kappa shape index (κ3) is 1.61. The summed E-state index contributed by atoms with van der Waals surface area (Å²) in [5.41, 5.74) is 1.56. The predicted octanol–water partition coefficient (Wildman–Crippen LogP) is 2.86. The minimum absolute atomic E-state index is 0.526. The van der Waals surface area contributed by atoms with Crippen molar-refractivity contribution in [2.24, 2.45) is 0 Å². The topological polar surface area (TPSA) is 51.8 Å². The minimum Gasteiger partial charge on any atom is -0.443 e. The molecule has 0 aliphatic heterocycles. The van der Waals surface area contributed by atoms with Crippen LogP contribution in [0.25, 0.3) is 22.3 Å². The van der Waals surface area contributed by atoms with Crippen LogP contribution >= 0.6 is 11.3 Å². The van der Waals surface area contributed by atoms with Crippen LogP contribution in [-0.2, 0) is 0 Å². The zero-order chi connectivity index (χ0) is 10.8. The molecule has 0 fully saturated rings. The molecule has 0 bridgehead atoms. The molecule has 0 aliphatic carbocycles. The van der Waals surface area contributed by atoms with Crippen LogP contribution in [-0.4, -0.2) is 15.0 Å². The minimum atomic E-state index is 0.526. The summed E-state index contributed by atoms with van der Waals surface area (Å²) in [7, 11) is 0. The van der Waals surface area contributed by atoms with Crippen molar-refractivity contribution in [3.63, 3.8) is 0 Å². The van der Waals surface area contributed by atoms with E-state index in [0.29, 0.717) is 5.89 Å². The molecule has 78 valence electrons. The number of thiazole rings is 1. The zero-order valence-corrected chi connectivity index (χ0v) is 9.02. The molecule has 3 rings (SSSR count). The van der Waals surface area contributed by atoms with E-state index < -0.39 is 0 Å². The maximum Gasteiger partial charge on any atom is 0.245 e. The van der Waals surface area contributed by atoms with Gasteiger partial charge in [0.1, 0.15) is 17.0 Å². The number of hydrogen-bond donors (Lipinski definition) is 0. The Hall–Kier alpha value is -2.01. The van der Waals surface area contributed by atoms with Crippen LogP contribution in [0.1, 0.15) is 0 Å². The van der Waals surface area contributed by atoms with Gasteiger partial charge in [0.05, 0.1) is 11.9 Å². The summed E-state index contributed by atoms with van der Waals surface area (Å²) in [4.78, 5) is 12.7. The molecule has 0 unspecified atom stereocenters. The summed E-state index contributed by atoms with van der Waals surface area (Å²) in [6.07, 6.45) is 4.90. The van der Waals surface area contributed by atoms with E-state index in [1.54, 1.807) is 23.7 Å². The van der Waals surface area contributed by atoms with Crippen molar-refractivity contribution >= 4 is 11.3 Å². The summed E-state index contributed by atoms with van der Waals surface area (Å²) < 4.78 is 5.20. The van der Waals surface area contributed by atoms with Gasteiger partial charge < -0.3 is 4.42 Å². The van der Waals surface area contributed by atoms with E-state index in [9.17, 15) is 0 Å². The Labute approximate surface area is 95.6 Å². The monoisotopic (exact) mass is 229 g/mol. The SMILES string of the molecule is c1cc(-c2ncco2)nc(-c2nccs2)c1. The van der Waals surface area contributed by atoms with Crippen LogP contribution in [0.3, 0.4) is 0 Å². The molecule has 0 spiro atoms. The fourth-order valence-corrected chi connectivity index (χ4v) is 1.98. The van der Waals surface area contributed by atoms with Gasteiger partial charge in [0.2, 0.25) is 5.89 Å². The van der Waals surface area contributed by atoms with Gasteiger partial charge in [0.15, 0.2) is 0 Å². The molecule has 0 saturated carbocycles. The molecule has 0 atom stereocenters. The third-order valence-electron chi connectivity index (χ3n) is 2.05. The van der Waals surface area contributed by atoms with Gasteiger partial charge in [-0.1, -0.05) is 6.07 Å². The van der Waals surface area contributed by atoms with Gasteiger partial charge in [-0.3, -0.25) is 0 Å². The summed E-state index contributed by atoms with van der Waals surface area (Å²) >= 11 is 1.56. The number of aromatic nitrogens is 3. The van der Waals surface area contributed by atoms with Crippen LogP contribution in [0.4, 0.5) is 0 Å². The highest BCUT2D eigenvalue weighted by atomic mass is 32.1. The Kier molecular flexibility index (Phi) is 2.23. The first-order valence-corrected chi connectivity index (χ1v) is 5.58. The molecule has 0 aromatic carbocycles. The molecule has 3 heterocycles.